The zero-order valence-corrected chi connectivity index (χ0v) is 6.90. The first-order valence-electron chi connectivity index (χ1n) is 4.31. The molecule has 1 aliphatic rings. The number of hydrogen-bond acceptors (Lipinski definition) is 2. The molecule has 0 saturated carbocycles. The summed E-state index contributed by atoms with van der Waals surface area (Å²) in [6.07, 6.45) is 8.47. The van der Waals surface area contributed by atoms with Gasteiger partial charge in [-0.15, -0.1) is 12.3 Å². The third-order valence-corrected chi connectivity index (χ3v) is 2.04. The lowest BCUT2D eigenvalue weighted by atomic mass is 10.1. The maximum absolute atomic E-state index is 5.14. The normalized spacial score (nSPS) is 19.5. The highest BCUT2D eigenvalue weighted by molar-refractivity contribution is 4.85. The number of rotatable bonds is 3. The van der Waals surface area contributed by atoms with Gasteiger partial charge in [0.05, 0.1) is 0 Å². The Kier molecular flexibility index (Phi) is 4.03. The number of piperidine rings is 1. The van der Waals surface area contributed by atoms with Crippen LogP contribution in [0.4, 0.5) is 0 Å². The van der Waals surface area contributed by atoms with Crippen LogP contribution in [0.2, 0.25) is 0 Å². The van der Waals surface area contributed by atoms with E-state index in [2.05, 4.69) is 16.6 Å². The molecule has 0 aromatic rings. The van der Waals surface area contributed by atoms with E-state index in [0.29, 0.717) is 6.04 Å². The van der Waals surface area contributed by atoms with Crippen molar-refractivity contribution in [1.29, 1.82) is 0 Å². The van der Waals surface area contributed by atoms with Crippen molar-refractivity contribution in [3.8, 4) is 12.3 Å². The molecule has 1 heterocycles. The van der Waals surface area contributed by atoms with E-state index in [1.54, 1.807) is 0 Å². The van der Waals surface area contributed by atoms with Crippen molar-refractivity contribution < 1.29 is 0 Å². The van der Waals surface area contributed by atoms with Crippen LogP contribution in [-0.4, -0.2) is 25.7 Å². The fourth-order valence-corrected chi connectivity index (χ4v) is 1.37. The van der Waals surface area contributed by atoms with E-state index in [-0.39, 0.29) is 0 Å². The fraction of sp³-hybridized carbons (Fsp3) is 0.778. The predicted octanol–water partition coefficient (Wildman–Crippen LogP) is 0.351. The second-order valence-corrected chi connectivity index (χ2v) is 2.93. The fourth-order valence-electron chi connectivity index (χ4n) is 1.37. The maximum Gasteiger partial charge on any atom is 0.0211 e. The number of terminal acetylenes is 1. The van der Waals surface area contributed by atoms with Gasteiger partial charge in [-0.2, -0.15) is 0 Å². The van der Waals surface area contributed by atoms with Gasteiger partial charge in [-0.05, 0) is 25.9 Å². The minimum Gasteiger partial charge on any atom is -0.317 e. The van der Waals surface area contributed by atoms with Gasteiger partial charge in [-0.3, -0.25) is 0 Å². The van der Waals surface area contributed by atoms with E-state index < -0.39 is 0 Å². The molecule has 1 fully saturated rings. The Balaban J connectivity index is 2.01. The Morgan fingerprint density at radius 3 is 2.82 bits per heavy atom. The lowest BCUT2D eigenvalue weighted by molar-refractivity contribution is 0.391. The Morgan fingerprint density at radius 2 is 2.18 bits per heavy atom. The van der Waals surface area contributed by atoms with Gasteiger partial charge in [0.2, 0.25) is 0 Å². The molecule has 0 unspecified atom stereocenters. The number of hydrogen-bond donors (Lipinski definition) is 2. The van der Waals surface area contributed by atoms with E-state index in [4.69, 9.17) is 6.42 Å². The maximum atomic E-state index is 5.14. The first kappa shape index (κ1) is 8.58. The zero-order valence-electron chi connectivity index (χ0n) is 6.90. The van der Waals surface area contributed by atoms with Crippen LogP contribution in [-0.2, 0) is 0 Å². The van der Waals surface area contributed by atoms with Crippen LogP contribution in [0.1, 0.15) is 19.3 Å². The average Bonchev–Trinajstić information content (AvgIpc) is 2.07. The Labute approximate surface area is 68.8 Å². The molecular weight excluding hydrogens is 136 g/mol. The van der Waals surface area contributed by atoms with Crippen LogP contribution in [0.3, 0.4) is 0 Å². The quantitative estimate of drug-likeness (QED) is 0.450. The third-order valence-electron chi connectivity index (χ3n) is 2.04. The number of nitrogens with one attached hydrogen (secondary N) is 2. The lowest BCUT2D eigenvalue weighted by Crippen LogP contribution is -2.40. The van der Waals surface area contributed by atoms with E-state index in [1.807, 2.05) is 0 Å². The van der Waals surface area contributed by atoms with Gasteiger partial charge in [-0.1, -0.05) is 0 Å². The molecule has 0 bridgehead atoms. The molecule has 0 aromatic heterocycles. The summed E-state index contributed by atoms with van der Waals surface area (Å²) >= 11 is 0. The van der Waals surface area contributed by atoms with Crippen LogP contribution in [0.15, 0.2) is 0 Å². The Hall–Kier alpha value is -0.520. The SMILES string of the molecule is C#CCCNC1CCNCC1. The van der Waals surface area contributed by atoms with Crippen molar-refractivity contribution in [3.63, 3.8) is 0 Å². The molecule has 2 N–H and O–H groups in total. The summed E-state index contributed by atoms with van der Waals surface area (Å²) in [7, 11) is 0. The molecule has 1 saturated heterocycles. The second-order valence-electron chi connectivity index (χ2n) is 2.93. The van der Waals surface area contributed by atoms with Crippen molar-refractivity contribution in [2.45, 2.75) is 25.3 Å². The first-order chi connectivity index (χ1) is 5.43. The average molecular weight is 152 g/mol. The van der Waals surface area contributed by atoms with Gasteiger partial charge in [0.15, 0.2) is 0 Å². The molecule has 0 spiro atoms. The minimum atomic E-state index is 0.699. The molecule has 0 amide bonds. The van der Waals surface area contributed by atoms with Crippen molar-refractivity contribution in [2.75, 3.05) is 19.6 Å². The van der Waals surface area contributed by atoms with E-state index in [1.165, 1.54) is 12.8 Å². The van der Waals surface area contributed by atoms with Crippen LogP contribution in [0.5, 0.6) is 0 Å². The van der Waals surface area contributed by atoms with Crippen LogP contribution in [0.25, 0.3) is 0 Å². The van der Waals surface area contributed by atoms with Crippen LogP contribution in [0, 0.1) is 12.3 Å². The summed E-state index contributed by atoms with van der Waals surface area (Å²) in [6, 6.07) is 0.699. The zero-order chi connectivity index (χ0) is 7.94. The van der Waals surface area contributed by atoms with E-state index >= 15 is 0 Å². The molecule has 2 nitrogen and oxygen atoms in total. The monoisotopic (exact) mass is 152 g/mol. The molecule has 0 aromatic carbocycles. The second kappa shape index (κ2) is 5.17. The molecule has 0 atom stereocenters. The topological polar surface area (TPSA) is 24.1 Å². The highest BCUT2D eigenvalue weighted by atomic mass is 15.0. The van der Waals surface area contributed by atoms with Crippen molar-refractivity contribution in [1.82, 2.24) is 10.6 Å². The minimum absolute atomic E-state index is 0.699. The summed E-state index contributed by atoms with van der Waals surface area (Å²) in [5.74, 6) is 2.63. The van der Waals surface area contributed by atoms with Gasteiger partial charge in [-0.25, -0.2) is 0 Å². The Bertz CT molecular complexity index is 131. The van der Waals surface area contributed by atoms with Gasteiger partial charge < -0.3 is 10.6 Å². The highest BCUT2D eigenvalue weighted by Gasteiger charge is 2.10. The molecule has 1 rings (SSSR count). The molecule has 11 heavy (non-hydrogen) atoms. The van der Waals surface area contributed by atoms with Gasteiger partial charge >= 0.3 is 0 Å². The van der Waals surface area contributed by atoms with Crippen LogP contribution < -0.4 is 10.6 Å². The molecule has 2 heteroatoms. The Morgan fingerprint density at radius 1 is 1.45 bits per heavy atom. The first-order valence-corrected chi connectivity index (χ1v) is 4.31. The summed E-state index contributed by atoms with van der Waals surface area (Å²) in [5, 5.41) is 6.76. The molecular formula is C9H16N2. The van der Waals surface area contributed by atoms with Crippen LogP contribution >= 0.6 is 0 Å². The summed E-state index contributed by atoms with van der Waals surface area (Å²) < 4.78 is 0. The van der Waals surface area contributed by atoms with E-state index in [9.17, 15) is 0 Å². The van der Waals surface area contributed by atoms with Gasteiger partial charge in [0, 0.05) is 19.0 Å². The molecule has 0 aliphatic carbocycles. The largest absolute Gasteiger partial charge is 0.317 e. The summed E-state index contributed by atoms with van der Waals surface area (Å²) in [6.45, 7) is 3.27. The third kappa shape index (κ3) is 3.41. The molecule has 1 aliphatic heterocycles. The lowest BCUT2D eigenvalue weighted by Gasteiger charge is -2.23. The standard InChI is InChI=1S/C9H16N2/c1-2-3-6-11-9-4-7-10-8-5-9/h1,9-11H,3-8H2. The summed E-state index contributed by atoms with van der Waals surface area (Å²) in [4.78, 5) is 0. The van der Waals surface area contributed by atoms with Gasteiger partial charge in [0.25, 0.3) is 0 Å². The molecule has 62 valence electrons. The van der Waals surface area contributed by atoms with Gasteiger partial charge in [0.1, 0.15) is 0 Å². The predicted molar refractivity (Wildman–Crippen MR) is 47.3 cm³/mol. The van der Waals surface area contributed by atoms with Crippen molar-refractivity contribution in [2.24, 2.45) is 0 Å². The summed E-state index contributed by atoms with van der Waals surface area (Å²) in [5.41, 5.74) is 0. The smallest absolute Gasteiger partial charge is 0.0211 e. The highest BCUT2D eigenvalue weighted by Crippen LogP contribution is 2.00. The van der Waals surface area contributed by atoms with Crippen molar-refractivity contribution >= 4 is 0 Å². The molecule has 0 radical (unpaired) electrons. The van der Waals surface area contributed by atoms with E-state index in [0.717, 1.165) is 26.1 Å². The van der Waals surface area contributed by atoms with Crippen molar-refractivity contribution in [3.05, 3.63) is 0 Å².